The molecule has 1 fully saturated rings. The number of aromatic nitrogens is 3. The van der Waals surface area contributed by atoms with Crippen molar-refractivity contribution in [1.82, 2.24) is 19.4 Å². The molecule has 1 saturated heterocycles. The molecule has 4 heterocycles. The maximum absolute atomic E-state index is 12.5. The van der Waals surface area contributed by atoms with Crippen LogP contribution >= 0.6 is 0 Å². The Bertz CT molecular complexity index is 959. The third-order valence-corrected chi connectivity index (χ3v) is 4.38. The lowest BCUT2D eigenvalue weighted by Gasteiger charge is -2.35. The number of piperazine rings is 1. The molecule has 138 valence electrons. The number of nitro groups is 1. The van der Waals surface area contributed by atoms with Crippen molar-refractivity contribution < 1.29 is 14.1 Å². The van der Waals surface area contributed by atoms with E-state index in [4.69, 9.17) is 4.42 Å². The van der Waals surface area contributed by atoms with Crippen LogP contribution in [0.25, 0.3) is 5.82 Å². The Morgan fingerprint density at radius 2 is 1.78 bits per heavy atom. The molecule has 4 rings (SSSR count). The van der Waals surface area contributed by atoms with E-state index in [1.54, 1.807) is 4.90 Å². The van der Waals surface area contributed by atoms with Crippen LogP contribution in [-0.4, -0.2) is 56.4 Å². The molecule has 0 N–H and O–H groups in total. The fourth-order valence-electron chi connectivity index (χ4n) is 2.97. The smallest absolute Gasteiger partial charge is 0.395 e. The van der Waals surface area contributed by atoms with Crippen molar-refractivity contribution in [2.75, 3.05) is 31.1 Å². The Morgan fingerprint density at radius 1 is 1.07 bits per heavy atom. The van der Waals surface area contributed by atoms with E-state index in [1.165, 1.54) is 18.5 Å². The second-order valence-electron chi connectivity index (χ2n) is 6.00. The third-order valence-electron chi connectivity index (χ3n) is 4.38. The van der Waals surface area contributed by atoms with Gasteiger partial charge in [-0.3, -0.25) is 14.9 Å². The van der Waals surface area contributed by atoms with Gasteiger partial charge in [0.05, 0.1) is 6.07 Å². The highest BCUT2D eigenvalue weighted by Crippen LogP contribution is 2.20. The molecule has 1 aliphatic heterocycles. The summed E-state index contributed by atoms with van der Waals surface area (Å²) < 4.78 is 6.90. The topological polar surface area (TPSA) is 111 Å². The number of anilines is 1. The summed E-state index contributed by atoms with van der Waals surface area (Å²) in [6, 6.07) is 8.26. The maximum atomic E-state index is 12.5. The van der Waals surface area contributed by atoms with E-state index in [0.717, 1.165) is 11.6 Å². The fourth-order valence-corrected chi connectivity index (χ4v) is 2.97. The monoisotopic (exact) mass is 368 g/mol. The molecule has 27 heavy (non-hydrogen) atoms. The van der Waals surface area contributed by atoms with Crippen LogP contribution in [0.1, 0.15) is 10.6 Å². The highest BCUT2D eigenvalue weighted by atomic mass is 16.6. The fraction of sp³-hybridized carbons (Fsp3) is 0.235. The standard InChI is InChI=1S/C17H16N6O4/c24-17(13-3-4-16(27-13)23(25)26)22-9-7-21(8-10-22)15-11-14(18-12-19-15)20-5-1-2-6-20/h1-6,11-12H,7-10H2. The van der Waals surface area contributed by atoms with Crippen LogP contribution in [0.4, 0.5) is 11.7 Å². The maximum Gasteiger partial charge on any atom is 0.433 e. The van der Waals surface area contributed by atoms with Crippen molar-refractivity contribution in [1.29, 1.82) is 0 Å². The summed E-state index contributed by atoms with van der Waals surface area (Å²) >= 11 is 0. The molecule has 0 saturated carbocycles. The van der Waals surface area contributed by atoms with Crippen LogP contribution in [0.15, 0.2) is 53.5 Å². The normalized spacial score (nSPS) is 14.4. The first-order valence-corrected chi connectivity index (χ1v) is 8.35. The second kappa shape index (κ2) is 6.90. The van der Waals surface area contributed by atoms with Crippen LogP contribution in [-0.2, 0) is 0 Å². The van der Waals surface area contributed by atoms with E-state index in [2.05, 4.69) is 14.9 Å². The van der Waals surface area contributed by atoms with Gasteiger partial charge in [-0.2, -0.15) is 0 Å². The van der Waals surface area contributed by atoms with Crippen LogP contribution in [0.2, 0.25) is 0 Å². The minimum absolute atomic E-state index is 0.0212. The average Bonchev–Trinajstić information content (AvgIpc) is 3.40. The summed E-state index contributed by atoms with van der Waals surface area (Å²) in [4.78, 5) is 34.8. The number of amides is 1. The van der Waals surface area contributed by atoms with Gasteiger partial charge >= 0.3 is 5.88 Å². The molecule has 10 heteroatoms. The first-order valence-electron chi connectivity index (χ1n) is 8.35. The van der Waals surface area contributed by atoms with E-state index in [-0.39, 0.29) is 11.7 Å². The van der Waals surface area contributed by atoms with Gasteiger partial charge in [0.1, 0.15) is 22.9 Å². The van der Waals surface area contributed by atoms with Gasteiger partial charge in [0.15, 0.2) is 5.76 Å². The van der Waals surface area contributed by atoms with Gasteiger partial charge in [0.25, 0.3) is 5.91 Å². The summed E-state index contributed by atoms with van der Waals surface area (Å²) in [6.07, 6.45) is 5.33. The van der Waals surface area contributed by atoms with Crippen LogP contribution in [0.5, 0.6) is 0 Å². The van der Waals surface area contributed by atoms with E-state index < -0.39 is 10.8 Å². The quantitative estimate of drug-likeness (QED) is 0.509. The molecule has 0 bridgehead atoms. The molecular formula is C17H16N6O4. The third kappa shape index (κ3) is 3.36. The van der Waals surface area contributed by atoms with E-state index in [9.17, 15) is 14.9 Å². The summed E-state index contributed by atoms with van der Waals surface area (Å²) in [6.45, 7) is 2.12. The summed E-state index contributed by atoms with van der Waals surface area (Å²) in [5.74, 6) is 0.752. The Hall–Kier alpha value is -3.69. The molecule has 0 aromatic carbocycles. The van der Waals surface area contributed by atoms with Crippen molar-refractivity contribution >= 4 is 17.6 Å². The summed E-state index contributed by atoms with van der Waals surface area (Å²) in [5, 5.41) is 10.7. The van der Waals surface area contributed by atoms with Gasteiger partial charge in [-0.25, -0.2) is 9.97 Å². The van der Waals surface area contributed by atoms with Crippen molar-refractivity contribution in [2.24, 2.45) is 0 Å². The number of rotatable bonds is 4. The molecule has 0 radical (unpaired) electrons. The van der Waals surface area contributed by atoms with Crippen LogP contribution in [0, 0.1) is 10.1 Å². The van der Waals surface area contributed by atoms with Gasteiger partial charge in [0, 0.05) is 44.6 Å². The molecule has 0 atom stereocenters. The van der Waals surface area contributed by atoms with Crippen LogP contribution < -0.4 is 4.90 Å². The zero-order chi connectivity index (χ0) is 18.8. The second-order valence-corrected chi connectivity index (χ2v) is 6.00. The Labute approximate surface area is 153 Å². The SMILES string of the molecule is O=C(c1ccc([N+](=O)[O-])o1)N1CCN(c2cc(-n3cccc3)ncn2)CC1. The number of carbonyl (C=O) groups is 1. The summed E-state index contributed by atoms with van der Waals surface area (Å²) in [7, 11) is 0. The van der Waals surface area contributed by atoms with Crippen molar-refractivity contribution in [3.05, 3.63) is 64.9 Å². The highest BCUT2D eigenvalue weighted by Gasteiger charge is 2.26. The van der Waals surface area contributed by atoms with E-state index in [0.29, 0.717) is 26.2 Å². The molecule has 0 spiro atoms. The number of furan rings is 1. The van der Waals surface area contributed by atoms with Crippen molar-refractivity contribution in [3.63, 3.8) is 0 Å². The van der Waals surface area contributed by atoms with Gasteiger partial charge in [0.2, 0.25) is 0 Å². The molecule has 3 aromatic heterocycles. The Morgan fingerprint density at radius 3 is 2.44 bits per heavy atom. The van der Waals surface area contributed by atoms with Crippen molar-refractivity contribution in [3.8, 4) is 5.82 Å². The molecule has 0 unspecified atom stereocenters. The predicted molar refractivity (Wildman–Crippen MR) is 94.8 cm³/mol. The predicted octanol–water partition coefficient (Wildman–Crippen LogP) is 1.73. The molecular weight excluding hydrogens is 352 g/mol. The number of nitrogens with zero attached hydrogens (tertiary/aromatic N) is 6. The van der Waals surface area contributed by atoms with E-state index >= 15 is 0 Å². The Balaban J connectivity index is 1.42. The molecule has 1 aliphatic rings. The zero-order valence-corrected chi connectivity index (χ0v) is 14.3. The molecule has 3 aromatic rings. The Kier molecular flexibility index (Phi) is 4.29. The first-order chi connectivity index (χ1) is 13.1. The van der Waals surface area contributed by atoms with E-state index in [1.807, 2.05) is 35.2 Å². The van der Waals surface area contributed by atoms with Crippen molar-refractivity contribution in [2.45, 2.75) is 0 Å². The van der Waals surface area contributed by atoms with Gasteiger partial charge in [-0.05, 0) is 18.2 Å². The number of hydrogen-bond acceptors (Lipinski definition) is 7. The lowest BCUT2D eigenvalue weighted by molar-refractivity contribution is -0.402. The van der Waals surface area contributed by atoms with Crippen LogP contribution in [0.3, 0.4) is 0 Å². The van der Waals surface area contributed by atoms with Gasteiger partial charge in [-0.1, -0.05) is 0 Å². The molecule has 1 amide bonds. The number of carbonyl (C=O) groups excluding carboxylic acids is 1. The minimum atomic E-state index is -0.661. The van der Waals surface area contributed by atoms with Gasteiger partial charge < -0.3 is 18.8 Å². The average molecular weight is 368 g/mol. The largest absolute Gasteiger partial charge is 0.433 e. The molecule has 10 nitrogen and oxygen atoms in total. The zero-order valence-electron chi connectivity index (χ0n) is 14.3. The lowest BCUT2D eigenvalue weighted by atomic mass is 10.3. The van der Waals surface area contributed by atoms with Gasteiger partial charge in [-0.15, -0.1) is 0 Å². The first kappa shape index (κ1) is 16.8. The lowest BCUT2D eigenvalue weighted by Crippen LogP contribution is -2.49. The minimum Gasteiger partial charge on any atom is -0.395 e. The number of hydrogen-bond donors (Lipinski definition) is 0. The highest BCUT2D eigenvalue weighted by molar-refractivity contribution is 5.92. The molecule has 0 aliphatic carbocycles. The summed E-state index contributed by atoms with van der Waals surface area (Å²) in [5.41, 5.74) is 0.